The van der Waals surface area contributed by atoms with Crippen LogP contribution in [0.2, 0.25) is 0 Å². The molecule has 16 nitrogen and oxygen atoms in total. The summed E-state index contributed by atoms with van der Waals surface area (Å²) in [6.45, 7) is 1.87. The summed E-state index contributed by atoms with van der Waals surface area (Å²) in [6.07, 6.45) is -5.86. The van der Waals surface area contributed by atoms with Gasteiger partial charge in [0.2, 0.25) is 18.1 Å². The molecule has 2 saturated heterocycles. The van der Waals surface area contributed by atoms with E-state index in [2.05, 4.69) is 10.6 Å². The van der Waals surface area contributed by atoms with E-state index in [4.69, 9.17) is 24.7 Å². The van der Waals surface area contributed by atoms with Crippen molar-refractivity contribution in [1.29, 1.82) is 0 Å². The normalized spacial score (nSPS) is 33.2. The summed E-state index contributed by atoms with van der Waals surface area (Å²) in [5.74, 6) is -2.35. The van der Waals surface area contributed by atoms with Crippen LogP contribution in [0.4, 0.5) is 0 Å². The fourth-order valence-electron chi connectivity index (χ4n) is 4.90. The van der Waals surface area contributed by atoms with E-state index in [0.29, 0.717) is 6.42 Å². The molecule has 220 valence electrons. The SMILES string of the molecule is CO[C@H]1[C@@H](O)[C@H](n2ccc(=O)[nH]c2=O)O[C@@H]1[C@@H](O[C@H]1OC(C(=O)N[C@H]2CCC[C@@H](C)NC2=O)=CC[C@@H]1O)C(N)=O. The monoisotopic (exact) mass is 567 g/mol. The second-order valence-corrected chi connectivity index (χ2v) is 9.88. The predicted molar refractivity (Wildman–Crippen MR) is 133 cm³/mol. The molecule has 4 heterocycles. The number of amides is 3. The Bertz CT molecular complexity index is 1260. The van der Waals surface area contributed by atoms with Crippen LogP contribution in [-0.2, 0) is 33.3 Å². The Labute approximate surface area is 227 Å². The molecule has 0 aliphatic carbocycles. The number of nitrogens with zero attached hydrogens (tertiary/aromatic N) is 1. The minimum atomic E-state index is -1.68. The maximum atomic E-state index is 12.9. The van der Waals surface area contributed by atoms with Crippen molar-refractivity contribution < 1.29 is 43.5 Å². The highest BCUT2D eigenvalue weighted by molar-refractivity contribution is 5.95. The van der Waals surface area contributed by atoms with Crippen molar-refractivity contribution in [1.82, 2.24) is 20.2 Å². The minimum absolute atomic E-state index is 0.0205. The van der Waals surface area contributed by atoms with Gasteiger partial charge in [0.25, 0.3) is 11.5 Å². The molecule has 0 spiro atoms. The molecule has 3 aliphatic rings. The van der Waals surface area contributed by atoms with Crippen molar-refractivity contribution >= 4 is 17.7 Å². The van der Waals surface area contributed by atoms with Crippen LogP contribution < -0.4 is 27.6 Å². The standard InChI is InChI=1S/C24H33N5O11/c1-10-4-3-5-11(20(34)26-10)27-21(35)13-7-6-12(30)23(38-13)40-18(19(25)33)17-16(37-2)15(32)22(39-17)29-9-8-14(31)28-24(29)36/h7-12,15-18,22-23,30,32H,3-6H2,1-2H3,(H2,25,33)(H,26,34)(H,27,35)(H,28,31,36)/t10-,11+,12+,15-,16+,17+,18-,22-,23-/m1/s1. The van der Waals surface area contributed by atoms with Gasteiger partial charge in [-0.25, -0.2) is 4.79 Å². The first-order chi connectivity index (χ1) is 19.0. The summed E-state index contributed by atoms with van der Waals surface area (Å²) in [5.41, 5.74) is 4.01. The first-order valence-corrected chi connectivity index (χ1v) is 12.8. The van der Waals surface area contributed by atoms with Crippen LogP contribution in [0.5, 0.6) is 0 Å². The summed E-state index contributed by atoms with van der Waals surface area (Å²) in [7, 11) is 1.22. The second-order valence-electron chi connectivity index (χ2n) is 9.88. The molecular weight excluding hydrogens is 534 g/mol. The van der Waals surface area contributed by atoms with E-state index in [0.717, 1.165) is 29.7 Å². The van der Waals surface area contributed by atoms with Crippen LogP contribution in [0.25, 0.3) is 0 Å². The highest BCUT2D eigenvalue weighted by atomic mass is 16.7. The number of carbonyl (C=O) groups is 3. The van der Waals surface area contributed by atoms with Crippen molar-refractivity contribution in [3.8, 4) is 0 Å². The van der Waals surface area contributed by atoms with Crippen LogP contribution in [0.3, 0.4) is 0 Å². The first-order valence-electron chi connectivity index (χ1n) is 12.8. The number of aromatic nitrogens is 2. The Morgan fingerprint density at radius 3 is 2.67 bits per heavy atom. The Morgan fingerprint density at radius 1 is 1.25 bits per heavy atom. The zero-order valence-corrected chi connectivity index (χ0v) is 21.8. The summed E-state index contributed by atoms with van der Waals surface area (Å²) < 4.78 is 23.2. The lowest BCUT2D eigenvalue weighted by Gasteiger charge is -2.33. The molecule has 1 aromatic heterocycles. The second kappa shape index (κ2) is 12.3. The molecule has 0 unspecified atom stereocenters. The van der Waals surface area contributed by atoms with Gasteiger partial charge in [-0.1, -0.05) is 0 Å². The third-order valence-electron chi connectivity index (χ3n) is 6.97. The lowest BCUT2D eigenvalue weighted by molar-refractivity contribution is -0.228. The largest absolute Gasteiger partial charge is 0.457 e. The quantitative estimate of drug-likeness (QED) is 0.183. The van der Waals surface area contributed by atoms with Crippen molar-refractivity contribution in [3.05, 3.63) is 44.9 Å². The van der Waals surface area contributed by atoms with E-state index in [1.54, 1.807) is 0 Å². The third kappa shape index (κ3) is 6.26. The minimum Gasteiger partial charge on any atom is -0.457 e. The van der Waals surface area contributed by atoms with Gasteiger partial charge in [-0.2, -0.15) is 0 Å². The smallest absolute Gasteiger partial charge is 0.330 e. The van der Waals surface area contributed by atoms with Gasteiger partial charge >= 0.3 is 5.69 Å². The maximum Gasteiger partial charge on any atom is 0.330 e. The first kappa shape index (κ1) is 29.4. The molecule has 9 atom stereocenters. The van der Waals surface area contributed by atoms with E-state index in [1.165, 1.54) is 13.2 Å². The van der Waals surface area contributed by atoms with Crippen molar-refractivity contribution in [2.24, 2.45) is 5.73 Å². The number of aliphatic hydroxyl groups excluding tert-OH is 2. The molecule has 7 N–H and O–H groups in total. The topological polar surface area (TPSA) is 234 Å². The lowest BCUT2D eigenvalue weighted by atomic mass is 10.0. The highest BCUT2D eigenvalue weighted by Gasteiger charge is 2.52. The molecule has 0 radical (unpaired) electrons. The van der Waals surface area contributed by atoms with Crippen molar-refractivity contribution in [2.45, 2.75) is 87.7 Å². The molecule has 16 heteroatoms. The van der Waals surface area contributed by atoms with Gasteiger partial charge in [-0.3, -0.25) is 28.7 Å². The van der Waals surface area contributed by atoms with Crippen molar-refractivity contribution in [2.75, 3.05) is 7.11 Å². The summed E-state index contributed by atoms with van der Waals surface area (Å²) in [4.78, 5) is 63.5. The molecule has 0 aromatic carbocycles. The van der Waals surface area contributed by atoms with E-state index < -0.39 is 72.1 Å². The molecule has 3 aliphatic heterocycles. The van der Waals surface area contributed by atoms with Gasteiger partial charge in [-0.15, -0.1) is 0 Å². The van der Waals surface area contributed by atoms with Crippen LogP contribution in [0, 0.1) is 0 Å². The van der Waals surface area contributed by atoms with E-state index in [1.807, 2.05) is 11.9 Å². The zero-order valence-electron chi connectivity index (χ0n) is 21.8. The Morgan fingerprint density at radius 2 is 2.00 bits per heavy atom. The summed E-state index contributed by atoms with van der Waals surface area (Å²) in [5, 5.41) is 26.7. The molecule has 0 bridgehead atoms. The van der Waals surface area contributed by atoms with Gasteiger partial charge < -0.3 is 45.5 Å². The van der Waals surface area contributed by atoms with Gasteiger partial charge in [0.1, 0.15) is 30.5 Å². The van der Waals surface area contributed by atoms with Crippen LogP contribution in [0.1, 0.15) is 38.8 Å². The number of primary amides is 1. The molecule has 3 amide bonds. The van der Waals surface area contributed by atoms with Gasteiger partial charge in [-0.05, 0) is 32.3 Å². The molecule has 40 heavy (non-hydrogen) atoms. The molecule has 4 rings (SSSR count). The van der Waals surface area contributed by atoms with E-state index in [9.17, 15) is 34.2 Å². The molecule has 1 aromatic rings. The summed E-state index contributed by atoms with van der Waals surface area (Å²) >= 11 is 0. The van der Waals surface area contributed by atoms with E-state index in [-0.39, 0.29) is 24.1 Å². The number of hydrogen-bond acceptors (Lipinski definition) is 11. The lowest BCUT2D eigenvalue weighted by Crippen LogP contribution is -2.52. The van der Waals surface area contributed by atoms with Crippen LogP contribution in [-0.4, -0.2) is 93.5 Å². The number of carbonyl (C=O) groups excluding carboxylic acids is 3. The molecule has 2 fully saturated rings. The number of rotatable bonds is 8. The number of aliphatic hydroxyl groups is 2. The Kier molecular flexibility index (Phi) is 9.05. The van der Waals surface area contributed by atoms with E-state index >= 15 is 0 Å². The van der Waals surface area contributed by atoms with Crippen molar-refractivity contribution in [3.63, 3.8) is 0 Å². The van der Waals surface area contributed by atoms with Crippen LogP contribution in [0.15, 0.2) is 33.7 Å². The number of H-pyrrole nitrogens is 1. The predicted octanol–water partition coefficient (Wildman–Crippen LogP) is -3.15. The van der Waals surface area contributed by atoms with Gasteiger partial charge in [0, 0.05) is 31.8 Å². The Hall–Kier alpha value is -3.57. The third-order valence-corrected chi connectivity index (χ3v) is 6.97. The van der Waals surface area contributed by atoms with Gasteiger partial charge in [0.15, 0.2) is 18.1 Å². The highest BCUT2D eigenvalue weighted by Crippen LogP contribution is 2.34. The number of nitrogens with two attached hydrogens (primary N) is 1. The fourth-order valence-corrected chi connectivity index (χ4v) is 4.90. The zero-order chi connectivity index (χ0) is 29.1. The maximum absolute atomic E-state index is 12.9. The Balaban J connectivity index is 1.48. The fraction of sp³-hybridized carbons (Fsp3) is 0.625. The average Bonchev–Trinajstić information content (AvgIpc) is 3.12. The number of ether oxygens (including phenoxy) is 4. The van der Waals surface area contributed by atoms with Crippen LogP contribution >= 0.6 is 0 Å². The number of hydrogen-bond donors (Lipinski definition) is 6. The number of aromatic amines is 1. The average molecular weight is 568 g/mol. The molecule has 0 saturated carbocycles. The number of nitrogens with one attached hydrogen (secondary N) is 3. The summed E-state index contributed by atoms with van der Waals surface area (Å²) in [6, 6.07) is 0.238. The number of methoxy groups -OCH3 is 1. The van der Waals surface area contributed by atoms with Gasteiger partial charge in [0.05, 0.1) is 0 Å². The molecular formula is C24H33N5O11.